The van der Waals surface area contributed by atoms with E-state index in [1.807, 2.05) is 0 Å². The molecule has 2 unspecified atom stereocenters. The molecule has 68 valence electrons. The lowest BCUT2D eigenvalue weighted by atomic mass is 9.69. The van der Waals surface area contributed by atoms with Gasteiger partial charge in [-0.1, -0.05) is 31.9 Å². The fourth-order valence-electron chi connectivity index (χ4n) is 3.31. The summed E-state index contributed by atoms with van der Waals surface area (Å²) in [5.41, 5.74) is 2.23. The number of rotatable bonds is 0. The maximum atomic E-state index is 4.13. The summed E-state index contributed by atoms with van der Waals surface area (Å²) in [6, 6.07) is 0. The smallest absolute Gasteiger partial charge is 0.0255 e. The second-order valence-corrected chi connectivity index (χ2v) is 5.13. The Kier molecular flexibility index (Phi) is 2.02. The van der Waals surface area contributed by atoms with Crippen LogP contribution in [0.25, 0.3) is 0 Å². The quantitative estimate of drug-likeness (QED) is 0.476. The molecule has 0 heteroatoms. The maximum Gasteiger partial charge on any atom is -0.0255 e. The number of hydrogen-bond donors (Lipinski definition) is 0. The van der Waals surface area contributed by atoms with Gasteiger partial charge < -0.3 is 0 Å². The Bertz CT molecular complexity index is 192. The fraction of sp³-hybridized carbons (Fsp3) is 0.833. The minimum absolute atomic E-state index is 0.717. The predicted octanol–water partition coefficient (Wildman–Crippen LogP) is 3.92. The highest BCUT2D eigenvalue weighted by molar-refractivity contribution is 5.09. The molecule has 0 amide bonds. The van der Waals surface area contributed by atoms with Gasteiger partial charge >= 0.3 is 0 Å². The van der Waals surface area contributed by atoms with Crippen LogP contribution in [-0.4, -0.2) is 0 Å². The summed E-state index contributed by atoms with van der Waals surface area (Å²) < 4.78 is 0. The van der Waals surface area contributed by atoms with Crippen molar-refractivity contribution in [2.45, 2.75) is 51.9 Å². The Hall–Kier alpha value is -0.260. The molecule has 0 aliphatic heterocycles. The summed E-state index contributed by atoms with van der Waals surface area (Å²) in [4.78, 5) is 0. The van der Waals surface area contributed by atoms with Crippen molar-refractivity contribution < 1.29 is 0 Å². The first kappa shape index (κ1) is 8.34. The van der Waals surface area contributed by atoms with Gasteiger partial charge in [-0.3, -0.25) is 0 Å². The molecule has 2 aliphatic rings. The van der Waals surface area contributed by atoms with E-state index in [2.05, 4.69) is 13.5 Å². The van der Waals surface area contributed by atoms with Gasteiger partial charge in [-0.25, -0.2) is 0 Å². The Morgan fingerprint density at radius 3 is 2.83 bits per heavy atom. The third-order valence-corrected chi connectivity index (χ3v) is 3.82. The maximum absolute atomic E-state index is 4.13. The van der Waals surface area contributed by atoms with Crippen LogP contribution < -0.4 is 0 Å². The molecule has 12 heavy (non-hydrogen) atoms. The first-order valence-corrected chi connectivity index (χ1v) is 5.37. The van der Waals surface area contributed by atoms with Crippen molar-refractivity contribution in [3.63, 3.8) is 0 Å². The Morgan fingerprint density at radius 1 is 1.42 bits per heavy atom. The summed E-state index contributed by atoms with van der Waals surface area (Å²) in [7, 11) is 0. The first-order chi connectivity index (χ1) is 5.70. The lowest BCUT2D eigenvalue weighted by molar-refractivity contribution is 0.156. The van der Waals surface area contributed by atoms with Crippen LogP contribution >= 0.6 is 0 Å². The Labute approximate surface area is 76.1 Å². The van der Waals surface area contributed by atoms with Crippen molar-refractivity contribution >= 4 is 0 Å². The normalized spacial score (nSPS) is 42.4. The standard InChI is InChI=1S/C12H20/c1-10-4-3-6-12(8-10)7-5-11(2)9-12/h10H,2-9H2,1H3. The van der Waals surface area contributed by atoms with Crippen LogP contribution in [0.5, 0.6) is 0 Å². The molecule has 1 spiro atoms. The van der Waals surface area contributed by atoms with Crippen molar-refractivity contribution in [2.24, 2.45) is 11.3 Å². The van der Waals surface area contributed by atoms with Crippen LogP contribution in [0, 0.1) is 11.3 Å². The van der Waals surface area contributed by atoms with Gasteiger partial charge in [-0.2, -0.15) is 0 Å². The van der Waals surface area contributed by atoms with E-state index >= 15 is 0 Å². The molecule has 0 bridgehead atoms. The molecule has 0 N–H and O–H groups in total. The van der Waals surface area contributed by atoms with Crippen molar-refractivity contribution in [3.8, 4) is 0 Å². The fourth-order valence-corrected chi connectivity index (χ4v) is 3.31. The van der Waals surface area contributed by atoms with E-state index in [9.17, 15) is 0 Å². The summed E-state index contributed by atoms with van der Waals surface area (Å²) in [6.07, 6.45) is 9.99. The van der Waals surface area contributed by atoms with E-state index in [1.54, 1.807) is 0 Å². The molecule has 0 radical (unpaired) electrons. The van der Waals surface area contributed by atoms with E-state index in [0.717, 1.165) is 11.3 Å². The molecule has 2 rings (SSSR count). The highest BCUT2D eigenvalue weighted by Crippen LogP contribution is 2.51. The lowest BCUT2D eigenvalue weighted by Crippen LogP contribution is -2.24. The second kappa shape index (κ2) is 2.90. The van der Waals surface area contributed by atoms with Gasteiger partial charge in [-0.15, -0.1) is 0 Å². The predicted molar refractivity (Wildman–Crippen MR) is 53.1 cm³/mol. The summed E-state index contributed by atoms with van der Waals surface area (Å²) in [5, 5.41) is 0. The Balaban J connectivity index is 2.05. The van der Waals surface area contributed by atoms with Crippen molar-refractivity contribution in [2.75, 3.05) is 0 Å². The first-order valence-electron chi connectivity index (χ1n) is 5.37. The average molecular weight is 164 g/mol. The van der Waals surface area contributed by atoms with E-state index in [0.29, 0.717) is 0 Å². The SMILES string of the molecule is C=C1CCC2(CCCC(C)C2)C1. The molecule has 0 nitrogen and oxygen atoms in total. The van der Waals surface area contributed by atoms with E-state index < -0.39 is 0 Å². The third kappa shape index (κ3) is 1.44. The second-order valence-electron chi connectivity index (χ2n) is 5.13. The molecular weight excluding hydrogens is 144 g/mol. The van der Waals surface area contributed by atoms with Crippen LogP contribution in [0.15, 0.2) is 12.2 Å². The molecule has 2 aliphatic carbocycles. The van der Waals surface area contributed by atoms with Crippen LogP contribution in [0.4, 0.5) is 0 Å². The van der Waals surface area contributed by atoms with E-state index in [4.69, 9.17) is 0 Å². The highest BCUT2D eigenvalue weighted by Gasteiger charge is 2.38. The molecule has 2 fully saturated rings. The largest absolute Gasteiger partial charge is 0.0998 e. The molecule has 0 aromatic carbocycles. The van der Waals surface area contributed by atoms with Gasteiger partial charge in [0.2, 0.25) is 0 Å². The average Bonchev–Trinajstić information content (AvgIpc) is 2.32. The summed E-state index contributed by atoms with van der Waals surface area (Å²) in [6.45, 7) is 6.55. The van der Waals surface area contributed by atoms with Crippen LogP contribution in [0.2, 0.25) is 0 Å². The third-order valence-electron chi connectivity index (χ3n) is 3.82. The molecule has 0 aromatic rings. The van der Waals surface area contributed by atoms with Gasteiger partial charge in [0.05, 0.1) is 0 Å². The molecule has 0 aromatic heterocycles. The molecular formula is C12H20. The number of hydrogen-bond acceptors (Lipinski definition) is 0. The van der Waals surface area contributed by atoms with E-state index in [-0.39, 0.29) is 0 Å². The van der Waals surface area contributed by atoms with Crippen molar-refractivity contribution in [3.05, 3.63) is 12.2 Å². The zero-order valence-corrected chi connectivity index (χ0v) is 8.23. The van der Waals surface area contributed by atoms with Crippen LogP contribution in [0.3, 0.4) is 0 Å². The van der Waals surface area contributed by atoms with Crippen molar-refractivity contribution in [1.29, 1.82) is 0 Å². The van der Waals surface area contributed by atoms with Gasteiger partial charge in [0.15, 0.2) is 0 Å². The van der Waals surface area contributed by atoms with Gasteiger partial charge in [0.1, 0.15) is 0 Å². The summed E-state index contributed by atoms with van der Waals surface area (Å²) >= 11 is 0. The zero-order chi connectivity index (χ0) is 8.60. The monoisotopic (exact) mass is 164 g/mol. The summed E-state index contributed by atoms with van der Waals surface area (Å²) in [5.74, 6) is 0.977. The molecule has 2 saturated carbocycles. The minimum Gasteiger partial charge on any atom is -0.0998 e. The molecule has 2 atom stereocenters. The zero-order valence-electron chi connectivity index (χ0n) is 8.23. The van der Waals surface area contributed by atoms with Crippen molar-refractivity contribution in [1.82, 2.24) is 0 Å². The Morgan fingerprint density at radius 2 is 2.25 bits per heavy atom. The topological polar surface area (TPSA) is 0 Å². The highest BCUT2D eigenvalue weighted by atomic mass is 14.4. The lowest BCUT2D eigenvalue weighted by Gasteiger charge is -2.36. The minimum atomic E-state index is 0.717. The van der Waals surface area contributed by atoms with Gasteiger partial charge in [0.25, 0.3) is 0 Å². The van der Waals surface area contributed by atoms with Crippen LogP contribution in [0.1, 0.15) is 51.9 Å². The van der Waals surface area contributed by atoms with Gasteiger partial charge in [-0.05, 0) is 43.4 Å². The van der Waals surface area contributed by atoms with E-state index in [1.165, 1.54) is 50.5 Å². The molecule has 0 saturated heterocycles. The molecule has 0 heterocycles. The van der Waals surface area contributed by atoms with Crippen LogP contribution in [-0.2, 0) is 0 Å². The van der Waals surface area contributed by atoms with Gasteiger partial charge in [0, 0.05) is 0 Å². The number of allylic oxidation sites excluding steroid dienone is 1.